The molecule has 1 atom stereocenters. The molecule has 0 saturated heterocycles. The third-order valence-corrected chi connectivity index (χ3v) is 4.13. The van der Waals surface area contributed by atoms with Crippen molar-refractivity contribution in [3.63, 3.8) is 0 Å². The number of hydrogen-bond acceptors (Lipinski definition) is 2. The zero-order valence-corrected chi connectivity index (χ0v) is 13.1. The van der Waals surface area contributed by atoms with Crippen LogP contribution >= 0.6 is 23.2 Å². The van der Waals surface area contributed by atoms with Gasteiger partial charge in [0.05, 0.1) is 16.1 Å². The average molecular weight is 334 g/mol. The number of carbonyl (C=O) groups is 1. The maximum absolute atomic E-state index is 12.4. The lowest BCUT2D eigenvalue weighted by Gasteiger charge is -2.22. The minimum absolute atomic E-state index is 0.0935. The molecule has 1 unspecified atom stereocenters. The van der Waals surface area contributed by atoms with Gasteiger partial charge < -0.3 is 5.32 Å². The number of urea groups is 1. The van der Waals surface area contributed by atoms with Crippen LogP contribution in [0.5, 0.6) is 0 Å². The first-order valence-corrected chi connectivity index (χ1v) is 7.53. The maximum Gasteiger partial charge on any atom is 0.342 e. The Balaban J connectivity index is 1.76. The van der Waals surface area contributed by atoms with E-state index >= 15 is 0 Å². The fourth-order valence-corrected chi connectivity index (χ4v) is 2.61. The van der Waals surface area contributed by atoms with Crippen molar-refractivity contribution in [3.8, 4) is 0 Å². The van der Waals surface area contributed by atoms with Gasteiger partial charge >= 0.3 is 6.03 Å². The van der Waals surface area contributed by atoms with Crippen molar-refractivity contribution in [1.29, 1.82) is 0 Å². The number of amides is 2. The van der Waals surface area contributed by atoms with Gasteiger partial charge in [0.2, 0.25) is 0 Å². The number of nitrogens with one attached hydrogen (secondary N) is 1. The highest BCUT2D eigenvalue weighted by atomic mass is 35.5. The lowest BCUT2D eigenvalue weighted by atomic mass is 10.1. The molecule has 1 aliphatic heterocycles. The lowest BCUT2D eigenvalue weighted by molar-refractivity contribution is 0.200. The van der Waals surface area contributed by atoms with Gasteiger partial charge in [-0.1, -0.05) is 53.5 Å². The molecule has 4 nitrogen and oxygen atoms in total. The van der Waals surface area contributed by atoms with E-state index < -0.39 is 0 Å². The van der Waals surface area contributed by atoms with Gasteiger partial charge in [-0.25, -0.2) is 9.80 Å². The monoisotopic (exact) mass is 333 g/mol. The second kappa shape index (κ2) is 6.38. The second-order valence-corrected chi connectivity index (χ2v) is 5.68. The summed E-state index contributed by atoms with van der Waals surface area (Å²) in [6.45, 7) is 0. The molecule has 0 spiro atoms. The van der Waals surface area contributed by atoms with E-state index in [0.717, 1.165) is 5.56 Å². The summed E-state index contributed by atoms with van der Waals surface area (Å²) in [5.74, 6) is 0. The van der Waals surface area contributed by atoms with Crippen molar-refractivity contribution in [2.45, 2.75) is 12.5 Å². The predicted molar refractivity (Wildman–Crippen MR) is 89.6 cm³/mol. The third-order valence-electron chi connectivity index (χ3n) is 3.39. The van der Waals surface area contributed by atoms with E-state index in [-0.39, 0.29) is 12.1 Å². The normalized spacial score (nSPS) is 16.8. The minimum Gasteiger partial charge on any atom is -0.306 e. The molecule has 6 heteroatoms. The summed E-state index contributed by atoms with van der Waals surface area (Å²) in [4.78, 5) is 12.4. The standard InChI is InChI=1S/C16H13Cl2N3O/c17-13-7-6-12(10-14(13)18)20-16(22)21-15(8-9-19-21)11-4-2-1-3-5-11/h1-7,9-10,15H,8H2,(H,20,22). The highest BCUT2D eigenvalue weighted by Gasteiger charge is 2.28. The number of halogens is 2. The summed E-state index contributed by atoms with van der Waals surface area (Å²) in [6.07, 6.45) is 2.44. The van der Waals surface area contributed by atoms with Crippen LogP contribution < -0.4 is 5.32 Å². The molecule has 1 heterocycles. The first-order chi connectivity index (χ1) is 10.6. The Morgan fingerprint density at radius 3 is 2.64 bits per heavy atom. The first kappa shape index (κ1) is 14.9. The van der Waals surface area contributed by atoms with E-state index in [1.54, 1.807) is 24.4 Å². The Bertz CT molecular complexity index is 719. The molecule has 0 aliphatic carbocycles. The topological polar surface area (TPSA) is 44.7 Å². The molecule has 0 bridgehead atoms. The van der Waals surface area contributed by atoms with Gasteiger partial charge in [0, 0.05) is 18.3 Å². The fraction of sp³-hybridized carbons (Fsp3) is 0.125. The quantitative estimate of drug-likeness (QED) is 0.829. The third kappa shape index (κ3) is 3.08. The number of benzene rings is 2. The Labute approximate surface area is 138 Å². The van der Waals surface area contributed by atoms with Crippen molar-refractivity contribution in [2.75, 3.05) is 5.32 Å². The average Bonchev–Trinajstić information content (AvgIpc) is 3.01. The summed E-state index contributed by atoms with van der Waals surface area (Å²) in [6, 6.07) is 14.4. The Kier molecular flexibility index (Phi) is 4.32. The zero-order chi connectivity index (χ0) is 15.5. The van der Waals surface area contributed by atoms with Crippen LogP contribution in [0.15, 0.2) is 53.6 Å². The van der Waals surface area contributed by atoms with Crippen LogP contribution in [0.1, 0.15) is 18.0 Å². The fourth-order valence-electron chi connectivity index (χ4n) is 2.32. The van der Waals surface area contributed by atoms with Crippen molar-refractivity contribution in [3.05, 3.63) is 64.1 Å². The van der Waals surface area contributed by atoms with Crippen LogP contribution in [0.3, 0.4) is 0 Å². The summed E-state index contributed by atoms with van der Waals surface area (Å²) in [7, 11) is 0. The molecule has 0 fully saturated rings. The summed E-state index contributed by atoms with van der Waals surface area (Å²) < 4.78 is 0. The highest BCUT2D eigenvalue weighted by molar-refractivity contribution is 6.42. The minimum atomic E-state index is -0.305. The smallest absolute Gasteiger partial charge is 0.306 e. The number of nitrogens with zero attached hydrogens (tertiary/aromatic N) is 2. The van der Waals surface area contributed by atoms with E-state index in [0.29, 0.717) is 22.2 Å². The SMILES string of the molecule is O=C(Nc1ccc(Cl)c(Cl)c1)N1N=CCC1c1ccccc1. The van der Waals surface area contributed by atoms with E-state index in [9.17, 15) is 4.79 Å². The summed E-state index contributed by atoms with van der Waals surface area (Å²) >= 11 is 11.8. The molecule has 1 N–H and O–H groups in total. The van der Waals surface area contributed by atoms with Gasteiger partial charge in [-0.3, -0.25) is 0 Å². The molecule has 2 aromatic rings. The van der Waals surface area contributed by atoms with E-state index in [1.165, 1.54) is 5.01 Å². The largest absolute Gasteiger partial charge is 0.342 e. The van der Waals surface area contributed by atoms with Crippen LogP contribution in [0.4, 0.5) is 10.5 Å². The van der Waals surface area contributed by atoms with Gasteiger partial charge in [0.25, 0.3) is 0 Å². The number of carbonyl (C=O) groups excluding carboxylic acids is 1. The molecule has 2 aromatic carbocycles. The van der Waals surface area contributed by atoms with E-state index in [4.69, 9.17) is 23.2 Å². The molecule has 112 valence electrons. The van der Waals surface area contributed by atoms with Crippen molar-refractivity contribution < 1.29 is 4.79 Å². The maximum atomic E-state index is 12.4. The molecule has 2 amide bonds. The Morgan fingerprint density at radius 2 is 1.91 bits per heavy atom. The van der Waals surface area contributed by atoms with E-state index in [1.807, 2.05) is 30.3 Å². The predicted octanol–water partition coefficient (Wildman–Crippen LogP) is 4.96. The molecule has 0 aromatic heterocycles. The van der Waals surface area contributed by atoms with Gasteiger partial charge in [0.1, 0.15) is 0 Å². The summed E-state index contributed by atoms with van der Waals surface area (Å²) in [5.41, 5.74) is 1.62. The number of hydrazone groups is 1. The first-order valence-electron chi connectivity index (χ1n) is 6.78. The van der Waals surface area contributed by atoms with Crippen molar-refractivity contribution in [1.82, 2.24) is 5.01 Å². The zero-order valence-electron chi connectivity index (χ0n) is 11.5. The number of anilines is 1. The highest BCUT2D eigenvalue weighted by Crippen LogP contribution is 2.29. The molecule has 1 aliphatic rings. The molecule has 22 heavy (non-hydrogen) atoms. The molecular formula is C16H13Cl2N3O. The van der Waals surface area contributed by atoms with E-state index in [2.05, 4.69) is 10.4 Å². The Hall–Kier alpha value is -2.04. The number of rotatable bonds is 2. The molecule has 3 rings (SSSR count). The van der Waals surface area contributed by atoms with Crippen LogP contribution in [0, 0.1) is 0 Å². The van der Waals surface area contributed by atoms with Gasteiger partial charge in [-0.05, 0) is 23.8 Å². The van der Waals surface area contributed by atoms with Gasteiger partial charge in [0.15, 0.2) is 0 Å². The van der Waals surface area contributed by atoms with Crippen molar-refractivity contribution >= 4 is 41.1 Å². The second-order valence-electron chi connectivity index (χ2n) is 4.86. The van der Waals surface area contributed by atoms with Gasteiger partial charge in [-0.15, -0.1) is 0 Å². The van der Waals surface area contributed by atoms with Crippen molar-refractivity contribution in [2.24, 2.45) is 5.10 Å². The van der Waals surface area contributed by atoms with Crippen LogP contribution in [-0.2, 0) is 0 Å². The van der Waals surface area contributed by atoms with Gasteiger partial charge in [-0.2, -0.15) is 5.10 Å². The molecule has 0 saturated carbocycles. The Morgan fingerprint density at radius 1 is 1.14 bits per heavy atom. The van der Waals surface area contributed by atoms with Crippen LogP contribution in [0.2, 0.25) is 10.0 Å². The molecular weight excluding hydrogens is 321 g/mol. The lowest BCUT2D eigenvalue weighted by Crippen LogP contribution is -2.31. The molecule has 0 radical (unpaired) electrons. The number of hydrogen-bond donors (Lipinski definition) is 1. The summed E-state index contributed by atoms with van der Waals surface area (Å²) in [5, 5.41) is 9.23. The van der Waals surface area contributed by atoms with Crippen LogP contribution in [-0.4, -0.2) is 17.3 Å². The van der Waals surface area contributed by atoms with Crippen LogP contribution in [0.25, 0.3) is 0 Å².